The number of benzene rings is 1. The number of thioether (sulfide) groups is 1. The van der Waals surface area contributed by atoms with Gasteiger partial charge in [0.25, 0.3) is 0 Å². The van der Waals surface area contributed by atoms with E-state index in [0.29, 0.717) is 0 Å². The van der Waals surface area contributed by atoms with E-state index in [1.165, 1.54) is 10.5 Å². The molecule has 0 aliphatic rings. The third-order valence-electron chi connectivity index (χ3n) is 2.11. The lowest BCUT2D eigenvalue weighted by Gasteiger charge is -2.15. The quantitative estimate of drug-likeness (QED) is 0.590. The van der Waals surface area contributed by atoms with Crippen molar-refractivity contribution in [2.45, 2.75) is 18.4 Å². The predicted octanol–water partition coefficient (Wildman–Crippen LogP) is 2.41. The van der Waals surface area contributed by atoms with Crippen molar-refractivity contribution in [1.29, 1.82) is 0 Å². The molecule has 0 aliphatic heterocycles. The van der Waals surface area contributed by atoms with Crippen molar-refractivity contribution in [3.63, 3.8) is 0 Å². The molecule has 1 N–H and O–H groups in total. The molecule has 0 aromatic heterocycles. The van der Waals surface area contributed by atoms with E-state index in [9.17, 15) is 0 Å². The van der Waals surface area contributed by atoms with Crippen LogP contribution in [0.1, 0.15) is 12.5 Å². The van der Waals surface area contributed by atoms with Gasteiger partial charge in [-0.15, -0.1) is 11.8 Å². The molecule has 1 rings (SSSR count). The topological polar surface area (TPSA) is 15.3 Å². The Morgan fingerprint density at radius 2 is 1.93 bits per heavy atom. The van der Waals surface area contributed by atoms with E-state index < -0.39 is 0 Å². The minimum atomic E-state index is 0.922. The number of hydrogen-bond donors (Lipinski definition) is 1. The standard InChI is InChI=1S/C12H20N2S/c1-4-15-12-7-5-11(6-8-12)9-14(3)10-13-2/h5-8,13H,4,9-10H2,1-3H3. The zero-order valence-corrected chi connectivity index (χ0v) is 10.6. The molecule has 0 fully saturated rings. The molecule has 1 aromatic carbocycles. The Balaban J connectivity index is 2.48. The first-order chi connectivity index (χ1) is 7.26. The highest BCUT2D eigenvalue weighted by molar-refractivity contribution is 7.99. The Morgan fingerprint density at radius 1 is 1.27 bits per heavy atom. The van der Waals surface area contributed by atoms with Crippen LogP contribution >= 0.6 is 11.8 Å². The summed E-state index contributed by atoms with van der Waals surface area (Å²) < 4.78 is 0. The smallest absolute Gasteiger partial charge is 0.0478 e. The molecular weight excluding hydrogens is 204 g/mol. The normalized spacial score (nSPS) is 10.9. The highest BCUT2D eigenvalue weighted by Gasteiger charge is 1.98. The second-order valence-electron chi connectivity index (χ2n) is 3.60. The van der Waals surface area contributed by atoms with Crippen LogP contribution in [0.15, 0.2) is 29.2 Å². The van der Waals surface area contributed by atoms with Crippen LogP contribution in [0.4, 0.5) is 0 Å². The van der Waals surface area contributed by atoms with Gasteiger partial charge in [-0.2, -0.15) is 0 Å². The maximum atomic E-state index is 3.14. The second-order valence-corrected chi connectivity index (χ2v) is 4.94. The lowest BCUT2D eigenvalue weighted by atomic mass is 10.2. The molecule has 2 nitrogen and oxygen atoms in total. The summed E-state index contributed by atoms with van der Waals surface area (Å²) in [6.45, 7) is 4.10. The van der Waals surface area contributed by atoms with E-state index in [0.717, 1.165) is 19.0 Å². The lowest BCUT2D eigenvalue weighted by Crippen LogP contribution is -2.27. The molecule has 0 unspecified atom stereocenters. The Morgan fingerprint density at radius 3 is 2.47 bits per heavy atom. The summed E-state index contributed by atoms with van der Waals surface area (Å²) in [5.74, 6) is 1.14. The summed E-state index contributed by atoms with van der Waals surface area (Å²) in [6.07, 6.45) is 0. The average molecular weight is 224 g/mol. The fraction of sp³-hybridized carbons (Fsp3) is 0.500. The Kier molecular flexibility index (Phi) is 5.76. The molecule has 0 saturated carbocycles. The summed E-state index contributed by atoms with van der Waals surface area (Å²) in [7, 11) is 4.09. The van der Waals surface area contributed by atoms with Crippen molar-refractivity contribution in [3.05, 3.63) is 29.8 Å². The number of rotatable bonds is 6. The average Bonchev–Trinajstić information content (AvgIpc) is 2.22. The van der Waals surface area contributed by atoms with Gasteiger partial charge in [-0.1, -0.05) is 19.1 Å². The summed E-state index contributed by atoms with van der Waals surface area (Å²) in [5.41, 5.74) is 1.37. The van der Waals surface area contributed by atoms with Crippen LogP contribution < -0.4 is 5.32 Å². The first-order valence-corrected chi connectivity index (χ1v) is 6.29. The van der Waals surface area contributed by atoms with Gasteiger partial charge in [0, 0.05) is 18.1 Å². The second kappa shape index (κ2) is 6.88. The largest absolute Gasteiger partial charge is 0.307 e. The van der Waals surface area contributed by atoms with E-state index in [2.05, 4.69) is 48.5 Å². The van der Waals surface area contributed by atoms with E-state index >= 15 is 0 Å². The van der Waals surface area contributed by atoms with E-state index in [4.69, 9.17) is 0 Å². The maximum Gasteiger partial charge on any atom is 0.0478 e. The highest BCUT2D eigenvalue weighted by Crippen LogP contribution is 2.18. The molecule has 0 heterocycles. The highest BCUT2D eigenvalue weighted by atomic mass is 32.2. The van der Waals surface area contributed by atoms with Crippen molar-refractivity contribution >= 4 is 11.8 Å². The van der Waals surface area contributed by atoms with E-state index in [1.54, 1.807) is 0 Å². The zero-order valence-electron chi connectivity index (χ0n) is 9.79. The first kappa shape index (κ1) is 12.6. The molecule has 15 heavy (non-hydrogen) atoms. The molecule has 0 bridgehead atoms. The van der Waals surface area contributed by atoms with Gasteiger partial charge < -0.3 is 5.32 Å². The number of hydrogen-bond acceptors (Lipinski definition) is 3. The van der Waals surface area contributed by atoms with Crippen LogP contribution in [-0.4, -0.2) is 31.4 Å². The first-order valence-electron chi connectivity index (χ1n) is 5.31. The van der Waals surface area contributed by atoms with Gasteiger partial charge in [0.15, 0.2) is 0 Å². The van der Waals surface area contributed by atoms with Crippen LogP contribution in [-0.2, 0) is 6.54 Å². The minimum absolute atomic E-state index is 0.922. The van der Waals surface area contributed by atoms with Crippen LogP contribution in [0.25, 0.3) is 0 Å². The Bertz CT molecular complexity index is 271. The molecule has 0 aliphatic carbocycles. The summed E-state index contributed by atoms with van der Waals surface area (Å²) in [6, 6.07) is 8.84. The molecule has 0 atom stereocenters. The molecule has 0 saturated heterocycles. The number of nitrogens with zero attached hydrogens (tertiary/aromatic N) is 1. The Hall–Kier alpha value is -0.510. The van der Waals surface area contributed by atoms with Gasteiger partial charge in [0.2, 0.25) is 0 Å². The molecule has 3 heteroatoms. The van der Waals surface area contributed by atoms with E-state index in [1.807, 2.05) is 18.8 Å². The monoisotopic (exact) mass is 224 g/mol. The van der Waals surface area contributed by atoms with Crippen molar-refractivity contribution < 1.29 is 0 Å². The van der Waals surface area contributed by atoms with Gasteiger partial charge in [0.05, 0.1) is 0 Å². The maximum absolute atomic E-state index is 3.14. The molecule has 0 amide bonds. The summed E-state index contributed by atoms with van der Waals surface area (Å²) in [5, 5.41) is 3.14. The van der Waals surface area contributed by atoms with Gasteiger partial charge in [0.1, 0.15) is 0 Å². The van der Waals surface area contributed by atoms with Crippen LogP contribution in [0, 0.1) is 0 Å². The van der Waals surface area contributed by atoms with Crippen molar-refractivity contribution in [3.8, 4) is 0 Å². The SMILES string of the molecule is CCSc1ccc(CN(C)CNC)cc1. The van der Waals surface area contributed by atoms with Crippen LogP contribution in [0.3, 0.4) is 0 Å². The van der Waals surface area contributed by atoms with Crippen LogP contribution in [0.2, 0.25) is 0 Å². The third kappa shape index (κ3) is 4.69. The third-order valence-corrected chi connectivity index (χ3v) is 3.01. The number of nitrogens with one attached hydrogen (secondary N) is 1. The predicted molar refractivity (Wildman–Crippen MR) is 68.2 cm³/mol. The fourth-order valence-electron chi connectivity index (χ4n) is 1.50. The molecule has 84 valence electrons. The van der Waals surface area contributed by atoms with E-state index in [-0.39, 0.29) is 0 Å². The molecule has 0 radical (unpaired) electrons. The van der Waals surface area contributed by atoms with Gasteiger partial charge in [-0.05, 0) is 37.5 Å². The fourth-order valence-corrected chi connectivity index (χ4v) is 2.16. The lowest BCUT2D eigenvalue weighted by molar-refractivity contribution is 0.310. The summed E-state index contributed by atoms with van der Waals surface area (Å²) >= 11 is 1.89. The van der Waals surface area contributed by atoms with Gasteiger partial charge in [-0.3, -0.25) is 4.90 Å². The van der Waals surface area contributed by atoms with Crippen molar-refractivity contribution in [2.24, 2.45) is 0 Å². The zero-order chi connectivity index (χ0) is 11.1. The molecule has 0 spiro atoms. The minimum Gasteiger partial charge on any atom is -0.307 e. The molecular formula is C12H20N2S. The Labute approximate surface area is 97.1 Å². The van der Waals surface area contributed by atoms with Crippen molar-refractivity contribution in [2.75, 3.05) is 26.5 Å². The van der Waals surface area contributed by atoms with Gasteiger partial charge in [-0.25, -0.2) is 0 Å². The molecule has 1 aromatic rings. The van der Waals surface area contributed by atoms with Crippen molar-refractivity contribution in [1.82, 2.24) is 10.2 Å². The van der Waals surface area contributed by atoms with Gasteiger partial charge >= 0.3 is 0 Å². The summed E-state index contributed by atoms with van der Waals surface area (Å²) in [4.78, 5) is 3.61. The van der Waals surface area contributed by atoms with Crippen LogP contribution in [0.5, 0.6) is 0 Å².